The lowest BCUT2D eigenvalue weighted by Crippen LogP contribution is -2.26. The number of aliphatic hydroxyl groups excluding tert-OH is 1. The lowest BCUT2D eigenvalue weighted by molar-refractivity contribution is 0.278. The van der Waals surface area contributed by atoms with Crippen molar-refractivity contribution in [1.29, 1.82) is 0 Å². The van der Waals surface area contributed by atoms with Crippen molar-refractivity contribution in [3.63, 3.8) is 0 Å². The van der Waals surface area contributed by atoms with E-state index in [1.165, 1.54) is 0 Å². The fraction of sp³-hybridized carbons (Fsp3) is 0.462. The average molecular weight is 234 g/mol. The van der Waals surface area contributed by atoms with E-state index in [0.29, 0.717) is 23.8 Å². The van der Waals surface area contributed by atoms with Gasteiger partial charge in [-0.05, 0) is 19.8 Å². The Kier molecular flexibility index (Phi) is 3.76. The number of nitrogens with zero attached hydrogens (tertiary/aromatic N) is 1. The quantitative estimate of drug-likeness (QED) is 0.689. The number of nitrogens with one attached hydrogen (secondary N) is 1. The van der Waals surface area contributed by atoms with Gasteiger partial charge in [0.05, 0.1) is 12.3 Å². The molecular formula is C13H18N2O2. The van der Waals surface area contributed by atoms with Crippen LogP contribution in [0.25, 0.3) is 0 Å². The van der Waals surface area contributed by atoms with Crippen molar-refractivity contribution in [3.8, 4) is 5.75 Å². The summed E-state index contributed by atoms with van der Waals surface area (Å²) in [6.07, 6.45) is 7.99. The van der Waals surface area contributed by atoms with Crippen LogP contribution in [0.2, 0.25) is 0 Å². The Morgan fingerprint density at radius 1 is 1.41 bits per heavy atom. The summed E-state index contributed by atoms with van der Waals surface area (Å²) in [5.41, 5.74) is 2.04. The molecule has 4 nitrogen and oxygen atoms in total. The molecule has 0 saturated heterocycles. The first kappa shape index (κ1) is 12.1. The topological polar surface area (TPSA) is 65.4 Å². The first-order valence-corrected chi connectivity index (χ1v) is 5.88. The maximum atomic E-state index is 9.95. The highest BCUT2D eigenvalue weighted by Crippen LogP contribution is 2.24. The molecule has 0 fully saturated rings. The molecule has 0 unspecified atom stereocenters. The number of aromatic nitrogens is 1. The summed E-state index contributed by atoms with van der Waals surface area (Å²) in [7, 11) is 0. The summed E-state index contributed by atoms with van der Waals surface area (Å²) < 4.78 is 0. The molecule has 0 bridgehead atoms. The Hall–Kier alpha value is -1.39. The fourth-order valence-corrected chi connectivity index (χ4v) is 2.05. The van der Waals surface area contributed by atoms with Crippen molar-refractivity contribution in [3.05, 3.63) is 35.2 Å². The lowest BCUT2D eigenvalue weighted by Gasteiger charge is -2.15. The first-order chi connectivity index (χ1) is 8.22. The number of hydrogen-bond acceptors (Lipinski definition) is 4. The van der Waals surface area contributed by atoms with Crippen molar-refractivity contribution in [2.45, 2.75) is 39.0 Å². The van der Waals surface area contributed by atoms with Gasteiger partial charge >= 0.3 is 0 Å². The maximum absolute atomic E-state index is 9.95. The van der Waals surface area contributed by atoms with E-state index in [9.17, 15) is 10.2 Å². The van der Waals surface area contributed by atoms with E-state index in [-0.39, 0.29) is 12.4 Å². The van der Waals surface area contributed by atoms with Gasteiger partial charge in [0.15, 0.2) is 0 Å². The molecule has 92 valence electrons. The second-order valence-corrected chi connectivity index (χ2v) is 4.37. The highest BCUT2D eigenvalue weighted by atomic mass is 16.3. The molecule has 1 aliphatic rings. The van der Waals surface area contributed by atoms with Gasteiger partial charge in [0.2, 0.25) is 0 Å². The number of aliphatic hydroxyl groups is 1. The Bertz CT molecular complexity index is 422. The van der Waals surface area contributed by atoms with E-state index in [4.69, 9.17) is 0 Å². The molecule has 1 aliphatic carbocycles. The molecule has 2 rings (SSSR count). The van der Waals surface area contributed by atoms with Crippen molar-refractivity contribution in [2.24, 2.45) is 0 Å². The van der Waals surface area contributed by atoms with Crippen molar-refractivity contribution >= 4 is 0 Å². The number of hydrogen-bond donors (Lipinski definition) is 3. The summed E-state index contributed by atoms with van der Waals surface area (Å²) in [6, 6.07) is 0.439. The smallest absolute Gasteiger partial charge is 0.141 e. The summed E-state index contributed by atoms with van der Waals surface area (Å²) in [4.78, 5) is 4.04. The summed E-state index contributed by atoms with van der Waals surface area (Å²) in [5, 5.41) is 22.6. The second-order valence-electron chi connectivity index (χ2n) is 4.37. The summed E-state index contributed by atoms with van der Waals surface area (Å²) in [6.45, 7) is 2.23. The Labute approximate surface area is 101 Å². The van der Waals surface area contributed by atoms with Gasteiger partial charge in [-0.3, -0.25) is 4.98 Å². The lowest BCUT2D eigenvalue weighted by atomic mass is 10.1. The van der Waals surface area contributed by atoms with E-state index in [1.54, 1.807) is 13.1 Å². The molecule has 1 aromatic heterocycles. The average Bonchev–Trinajstić information content (AvgIpc) is 2.84. The molecule has 1 heterocycles. The SMILES string of the molecule is Cc1ncc(CO)c(CNC2CC=CC2)c1O. The van der Waals surface area contributed by atoms with Gasteiger partial charge in [0.1, 0.15) is 5.75 Å². The zero-order chi connectivity index (χ0) is 12.3. The predicted octanol–water partition coefficient (Wildman–Crippen LogP) is 1.40. The van der Waals surface area contributed by atoms with Gasteiger partial charge in [-0.15, -0.1) is 0 Å². The summed E-state index contributed by atoms with van der Waals surface area (Å²) >= 11 is 0. The third-order valence-electron chi connectivity index (χ3n) is 3.18. The third-order valence-corrected chi connectivity index (χ3v) is 3.18. The standard InChI is InChI=1S/C13H18N2O2/c1-9-13(17)12(10(8-16)6-14-9)7-15-11-4-2-3-5-11/h2-3,6,11,15-17H,4-5,7-8H2,1H3. The van der Waals surface area contributed by atoms with E-state index in [0.717, 1.165) is 18.4 Å². The normalized spacial score (nSPS) is 15.6. The minimum atomic E-state index is -0.0965. The van der Waals surface area contributed by atoms with Crippen LogP contribution in [0.15, 0.2) is 18.3 Å². The molecule has 0 spiro atoms. The molecule has 3 N–H and O–H groups in total. The molecule has 0 atom stereocenters. The highest BCUT2D eigenvalue weighted by Gasteiger charge is 2.14. The molecule has 0 radical (unpaired) electrons. The van der Waals surface area contributed by atoms with Crippen LogP contribution in [0.4, 0.5) is 0 Å². The van der Waals surface area contributed by atoms with Crippen LogP contribution < -0.4 is 5.32 Å². The van der Waals surface area contributed by atoms with Crippen LogP contribution in [0.1, 0.15) is 29.7 Å². The predicted molar refractivity (Wildman–Crippen MR) is 65.6 cm³/mol. The van der Waals surface area contributed by atoms with E-state index < -0.39 is 0 Å². The van der Waals surface area contributed by atoms with Gasteiger partial charge in [-0.1, -0.05) is 12.2 Å². The van der Waals surface area contributed by atoms with Gasteiger partial charge < -0.3 is 15.5 Å². The van der Waals surface area contributed by atoms with Crippen molar-refractivity contribution in [1.82, 2.24) is 10.3 Å². The zero-order valence-electron chi connectivity index (χ0n) is 9.98. The monoisotopic (exact) mass is 234 g/mol. The van der Waals surface area contributed by atoms with Crippen LogP contribution in [0.3, 0.4) is 0 Å². The van der Waals surface area contributed by atoms with Crippen LogP contribution >= 0.6 is 0 Å². The Balaban J connectivity index is 2.10. The number of aryl methyl sites for hydroxylation is 1. The van der Waals surface area contributed by atoms with Crippen molar-refractivity contribution in [2.75, 3.05) is 0 Å². The van der Waals surface area contributed by atoms with Crippen LogP contribution in [0, 0.1) is 6.92 Å². The molecule has 17 heavy (non-hydrogen) atoms. The van der Waals surface area contributed by atoms with E-state index in [1.807, 2.05) is 0 Å². The molecule has 0 saturated carbocycles. The van der Waals surface area contributed by atoms with E-state index in [2.05, 4.69) is 22.5 Å². The minimum Gasteiger partial charge on any atom is -0.506 e. The van der Waals surface area contributed by atoms with Gasteiger partial charge in [-0.2, -0.15) is 0 Å². The highest BCUT2D eigenvalue weighted by molar-refractivity contribution is 5.40. The third kappa shape index (κ3) is 2.65. The van der Waals surface area contributed by atoms with Crippen LogP contribution in [0.5, 0.6) is 5.75 Å². The second kappa shape index (κ2) is 5.29. The molecule has 1 aromatic rings. The maximum Gasteiger partial charge on any atom is 0.141 e. The largest absolute Gasteiger partial charge is 0.506 e. The number of pyridine rings is 1. The van der Waals surface area contributed by atoms with Crippen molar-refractivity contribution < 1.29 is 10.2 Å². The minimum absolute atomic E-state index is 0.0965. The summed E-state index contributed by atoms with van der Waals surface area (Å²) in [5.74, 6) is 0.190. The van der Waals surface area contributed by atoms with E-state index >= 15 is 0 Å². The number of aromatic hydroxyl groups is 1. The Morgan fingerprint density at radius 2 is 2.12 bits per heavy atom. The first-order valence-electron chi connectivity index (χ1n) is 5.88. The molecule has 4 heteroatoms. The van der Waals surface area contributed by atoms with Gasteiger partial charge in [0.25, 0.3) is 0 Å². The van der Waals surface area contributed by atoms with Gasteiger partial charge in [0, 0.05) is 29.9 Å². The fourth-order valence-electron chi connectivity index (χ4n) is 2.05. The molecule has 0 amide bonds. The van der Waals surface area contributed by atoms with Crippen LogP contribution in [-0.4, -0.2) is 21.2 Å². The molecular weight excluding hydrogens is 216 g/mol. The molecule has 0 aromatic carbocycles. The zero-order valence-corrected chi connectivity index (χ0v) is 9.98. The Morgan fingerprint density at radius 3 is 2.76 bits per heavy atom. The number of rotatable bonds is 4. The van der Waals surface area contributed by atoms with Crippen LogP contribution in [-0.2, 0) is 13.2 Å². The molecule has 0 aliphatic heterocycles. The van der Waals surface area contributed by atoms with Gasteiger partial charge in [-0.25, -0.2) is 0 Å².